The third kappa shape index (κ3) is 1.72. The van der Waals surface area contributed by atoms with Crippen LogP contribution in [0.15, 0.2) is 16.5 Å². The molecule has 0 aliphatic carbocycles. The molecular weight excluding hydrogens is 170 g/mol. The van der Waals surface area contributed by atoms with Crippen LogP contribution in [0.25, 0.3) is 0 Å². The summed E-state index contributed by atoms with van der Waals surface area (Å²) in [6.45, 7) is 0. The smallest absolute Gasteiger partial charge is 0.392 e. The molecule has 1 rings (SSSR count). The van der Waals surface area contributed by atoms with E-state index in [0.717, 1.165) is 0 Å². The minimum Gasteiger partial charge on any atom is -0.392 e. The Bertz CT molecular complexity index is 333. The van der Waals surface area contributed by atoms with Crippen molar-refractivity contribution in [3.8, 4) is 11.3 Å². The first-order chi connectivity index (χ1) is 5.24. The van der Waals surface area contributed by atoms with E-state index in [2.05, 4.69) is 10.3 Å². The molecule has 0 bridgehead atoms. The normalized spacial score (nSPS) is 8.45. The van der Waals surface area contributed by atoms with Crippen LogP contribution < -0.4 is 0 Å². The van der Waals surface area contributed by atoms with Gasteiger partial charge in [0.2, 0.25) is 0 Å². The van der Waals surface area contributed by atoms with Gasteiger partial charge in [-0.05, 0) is 17.5 Å². The van der Waals surface area contributed by atoms with Crippen LogP contribution in [0.3, 0.4) is 0 Å². The minimum atomic E-state index is -0.639. The summed E-state index contributed by atoms with van der Waals surface area (Å²) in [5.41, 5.74) is 0. The monoisotopic (exact) mass is 171 g/mol. The lowest BCUT2D eigenvalue weighted by molar-refractivity contribution is -0.402. The minimum absolute atomic E-state index is 0.187. The van der Waals surface area contributed by atoms with Gasteiger partial charge in [-0.25, -0.2) is 0 Å². The highest BCUT2D eigenvalue weighted by atomic mass is 35.5. The predicted octanol–water partition coefficient (Wildman–Crippen LogP) is 1.74. The zero-order valence-corrected chi connectivity index (χ0v) is 5.96. The first kappa shape index (κ1) is 7.63. The molecular formula is C6H2ClNO3. The fraction of sp³-hybridized carbons (Fsp3) is 0. The van der Waals surface area contributed by atoms with Crippen molar-refractivity contribution in [1.29, 1.82) is 0 Å². The zero-order chi connectivity index (χ0) is 8.27. The molecule has 1 aromatic heterocycles. The van der Waals surface area contributed by atoms with Gasteiger partial charge in [0.1, 0.15) is 4.92 Å². The van der Waals surface area contributed by atoms with E-state index in [9.17, 15) is 10.1 Å². The maximum absolute atomic E-state index is 10.0. The zero-order valence-electron chi connectivity index (χ0n) is 5.20. The van der Waals surface area contributed by atoms with E-state index in [1.807, 2.05) is 5.38 Å². The van der Waals surface area contributed by atoms with Gasteiger partial charge >= 0.3 is 5.88 Å². The van der Waals surface area contributed by atoms with Crippen LogP contribution in [-0.4, -0.2) is 4.92 Å². The summed E-state index contributed by atoms with van der Waals surface area (Å²) in [5, 5.41) is 12.1. The van der Waals surface area contributed by atoms with Crippen LogP contribution in [0.4, 0.5) is 5.88 Å². The Morgan fingerprint density at radius 3 is 2.82 bits per heavy atom. The summed E-state index contributed by atoms with van der Waals surface area (Å²) in [6.07, 6.45) is 0. The van der Waals surface area contributed by atoms with E-state index in [4.69, 9.17) is 11.6 Å². The van der Waals surface area contributed by atoms with Crippen LogP contribution in [0.2, 0.25) is 0 Å². The highest BCUT2D eigenvalue weighted by Gasteiger charge is 2.09. The van der Waals surface area contributed by atoms with Crippen LogP contribution >= 0.6 is 11.6 Å². The summed E-state index contributed by atoms with van der Waals surface area (Å²) in [6, 6.07) is 2.60. The van der Waals surface area contributed by atoms with Crippen molar-refractivity contribution in [2.45, 2.75) is 0 Å². The quantitative estimate of drug-likeness (QED) is 0.367. The molecule has 0 amide bonds. The van der Waals surface area contributed by atoms with Crippen molar-refractivity contribution in [3.63, 3.8) is 0 Å². The lowest BCUT2D eigenvalue weighted by Gasteiger charge is -1.79. The Kier molecular flexibility index (Phi) is 2.14. The number of nitrogens with zero attached hydrogens (tertiary/aromatic N) is 1. The Morgan fingerprint density at radius 1 is 1.64 bits per heavy atom. The lowest BCUT2D eigenvalue weighted by atomic mass is 10.5. The second kappa shape index (κ2) is 3.08. The third-order valence-corrected chi connectivity index (χ3v) is 1.04. The van der Waals surface area contributed by atoms with Crippen LogP contribution in [-0.2, 0) is 0 Å². The molecule has 0 aliphatic rings. The summed E-state index contributed by atoms with van der Waals surface area (Å²) in [4.78, 5) is 9.41. The highest BCUT2D eigenvalue weighted by molar-refractivity contribution is 6.30. The molecule has 0 aliphatic heterocycles. The SMILES string of the molecule is O=[N+]([O-])c1ccc(C#CCl)o1. The molecule has 0 atom stereocenters. The fourth-order valence-corrected chi connectivity index (χ4v) is 0.633. The molecule has 0 unspecified atom stereocenters. The molecule has 0 radical (unpaired) electrons. The predicted molar refractivity (Wildman–Crippen MR) is 38.1 cm³/mol. The third-order valence-electron chi connectivity index (χ3n) is 0.942. The average molecular weight is 172 g/mol. The van der Waals surface area contributed by atoms with Gasteiger partial charge in [-0.2, -0.15) is 0 Å². The van der Waals surface area contributed by atoms with Crippen molar-refractivity contribution in [2.24, 2.45) is 0 Å². The van der Waals surface area contributed by atoms with Crippen molar-refractivity contribution >= 4 is 17.5 Å². The summed E-state index contributed by atoms with van der Waals surface area (Å²) in [5.74, 6) is 2.18. The number of rotatable bonds is 1. The molecule has 11 heavy (non-hydrogen) atoms. The van der Waals surface area contributed by atoms with Gasteiger partial charge < -0.3 is 4.42 Å². The number of furan rings is 1. The number of nitro groups is 1. The van der Waals surface area contributed by atoms with Gasteiger partial charge in [0.25, 0.3) is 0 Å². The van der Waals surface area contributed by atoms with Gasteiger partial charge in [0.15, 0.2) is 5.76 Å². The first-order valence-electron chi connectivity index (χ1n) is 2.60. The van der Waals surface area contributed by atoms with E-state index < -0.39 is 4.92 Å². The van der Waals surface area contributed by atoms with Crippen LogP contribution in [0.1, 0.15) is 5.76 Å². The lowest BCUT2D eigenvalue weighted by Crippen LogP contribution is -1.82. The van der Waals surface area contributed by atoms with E-state index in [-0.39, 0.29) is 11.6 Å². The van der Waals surface area contributed by atoms with Crippen molar-refractivity contribution in [1.82, 2.24) is 0 Å². The molecule has 1 heterocycles. The Balaban J connectivity index is 2.96. The van der Waals surface area contributed by atoms with E-state index in [0.29, 0.717) is 0 Å². The Morgan fingerprint density at radius 2 is 2.36 bits per heavy atom. The largest absolute Gasteiger partial charge is 0.434 e. The summed E-state index contributed by atoms with van der Waals surface area (Å²) < 4.78 is 4.63. The molecule has 4 nitrogen and oxygen atoms in total. The van der Waals surface area contributed by atoms with E-state index >= 15 is 0 Å². The van der Waals surface area contributed by atoms with Crippen molar-refractivity contribution in [2.75, 3.05) is 0 Å². The standard InChI is InChI=1S/C6H2ClNO3/c7-4-3-5-1-2-6(11-5)8(9)10/h1-2H. The molecule has 56 valence electrons. The summed E-state index contributed by atoms with van der Waals surface area (Å²) >= 11 is 5.03. The average Bonchev–Trinajstić information content (AvgIpc) is 2.37. The Hall–Kier alpha value is -1.47. The second-order valence-corrected chi connectivity index (χ2v) is 1.80. The Labute approximate surface area is 66.9 Å². The molecule has 0 aromatic carbocycles. The van der Waals surface area contributed by atoms with Gasteiger partial charge in [-0.1, -0.05) is 0 Å². The molecule has 0 saturated carbocycles. The van der Waals surface area contributed by atoms with Gasteiger partial charge in [0.05, 0.1) is 6.07 Å². The molecule has 0 fully saturated rings. The molecule has 0 spiro atoms. The van der Waals surface area contributed by atoms with Gasteiger partial charge in [-0.3, -0.25) is 10.1 Å². The maximum Gasteiger partial charge on any atom is 0.434 e. The molecule has 1 aromatic rings. The van der Waals surface area contributed by atoms with Crippen LogP contribution in [0.5, 0.6) is 0 Å². The first-order valence-corrected chi connectivity index (χ1v) is 2.97. The van der Waals surface area contributed by atoms with Gasteiger partial charge in [0, 0.05) is 11.4 Å². The van der Waals surface area contributed by atoms with E-state index in [1.54, 1.807) is 0 Å². The molecule has 0 N–H and O–H groups in total. The maximum atomic E-state index is 10.0. The van der Waals surface area contributed by atoms with Crippen molar-refractivity contribution in [3.05, 3.63) is 28.0 Å². The van der Waals surface area contributed by atoms with Gasteiger partial charge in [-0.15, -0.1) is 0 Å². The second-order valence-electron chi connectivity index (χ2n) is 1.61. The van der Waals surface area contributed by atoms with Crippen LogP contribution in [0, 0.1) is 21.4 Å². The molecule has 0 saturated heterocycles. The number of hydrogen-bond donors (Lipinski definition) is 0. The topological polar surface area (TPSA) is 56.3 Å². The van der Waals surface area contributed by atoms with Crippen molar-refractivity contribution < 1.29 is 9.34 Å². The number of halogens is 1. The summed E-state index contributed by atoms with van der Waals surface area (Å²) in [7, 11) is 0. The highest BCUT2D eigenvalue weighted by Crippen LogP contribution is 2.14. The fourth-order valence-electron chi connectivity index (χ4n) is 0.540. The van der Waals surface area contributed by atoms with E-state index in [1.165, 1.54) is 12.1 Å². The molecule has 5 heteroatoms. The number of hydrogen-bond acceptors (Lipinski definition) is 3.